The van der Waals surface area contributed by atoms with E-state index in [9.17, 15) is 4.79 Å². The number of likely N-dealkylation sites (tertiary alicyclic amines) is 1. The van der Waals surface area contributed by atoms with Crippen LogP contribution >= 0.6 is 0 Å². The van der Waals surface area contributed by atoms with Crippen LogP contribution in [0.25, 0.3) is 0 Å². The highest BCUT2D eigenvalue weighted by Crippen LogP contribution is 2.10. The van der Waals surface area contributed by atoms with Gasteiger partial charge in [-0.25, -0.2) is 4.79 Å². The van der Waals surface area contributed by atoms with Crippen molar-refractivity contribution in [2.45, 2.75) is 38.6 Å². The molecule has 0 aliphatic carbocycles. The van der Waals surface area contributed by atoms with Gasteiger partial charge in [0, 0.05) is 20.2 Å². The van der Waals surface area contributed by atoms with Crippen molar-refractivity contribution in [3.63, 3.8) is 0 Å². The molecule has 1 heterocycles. The van der Waals surface area contributed by atoms with Gasteiger partial charge in [-0.3, -0.25) is 0 Å². The van der Waals surface area contributed by atoms with Crippen LogP contribution in [0.1, 0.15) is 33.1 Å². The van der Waals surface area contributed by atoms with Crippen molar-refractivity contribution >= 4 is 6.03 Å². The Balaban J connectivity index is 2.39. The fourth-order valence-electron chi connectivity index (χ4n) is 1.86. The lowest BCUT2D eigenvalue weighted by Gasteiger charge is -2.32. The van der Waals surface area contributed by atoms with Gasteiger partial charge in [0.2, 0.25) is 0 Å². The highest BCUT2D eigenvalue weighted by molar-refractivity contribution is 5.75. The molecule has 15 heavy (non-hydrogen) atoms. The Bertz CT molecular complexity index is 211. The molecule has 4 nitrogen and oxygen atoms in total. The second-order valence-corrected chi connectivity index (χ2v) is 4.79. The second kappa shape index (κ2) is 5.35. The number of nitrogens with zero attached hydrogens (tertiary/aromatic N) is 1. The van der Waals surface area contributed by atoms with Gasteiger partial charge in [-0.1, -0.05) is 0 Å². The normalized spacial score (nSPS) is 17.7. The van der Waals surface area contributed by atoms with Crippen LogP contribution in [0.3, 0.4) is 0 Å². The Hall–Kier alpha value is -0.770. The molecule has 2 amide bonds. The molecule has 1 N–H and O–H groups in total. The number of hydrogen-bond acceptors (Lipinski definition) is 2. The van der Waals surface area contributed by atoms with E-state index in [0.717, 1.165) is 25.9 Å². The van der Waals surface area contributed by atoms with Crippen LogP contribution in [0, 0.1) is 0 Å². The van der Waals surface area contributed by atoms with Crippen molar-refractivity contribution in [3.05, 3.63) is 0 Å². The van der Waals surface area contributed by atoms with E-state index in [-0.39, 0.29) is 11.6 Å². The third-order valence-corrected chi connectivity index (χ3v) is 2.59. The van der Waals surface area contributed by atoms with E-state index in [0.29, 0.717) is 6.61 Å². The minimum Gasteiger partial charge on any atom is -0.382 e. The van der Waals surface area contributed by atoms with Crippen molar-refractivity contribution in [1.82, 2.24) is 10.2 Å². The number of nitrogens with one attached hydrogen (secondary N) is 1. The topological polar surface area (TPSA) is 41.6 Å². The average molecular weight is 214 g/mol. The summed E-state index contributed by atoms with van der Waals surface area (Å²) in [5.74, 6) is 0. The lowest BCUT2D eigenvalue weighted by atomic mass is 10.1. The van der Waals surface area contributed by atoms with Gasteiger partial charge in [-0.15, -0.1) is 0 Å². The Morgan fingerprint density at radius 2 is 1.93 bits per heavy atom. The molecule has 1 rings (SSSR count). The highest BCUT2D eigenvalue weighted by Gasteiger charge is 2.24. The number of amides is 2. The molecule has 88 valence electrons. The van der Waals surface area contributed by atoms with Gasteiger partial charge in [0.1, 0.15) is 0 Å². The van der Waals surface area contributed by atoms with Crippen molar-refractivity contribution in [3.8, 4) is 0 Å². The van der Waals surface area contributed by atoms with Crippen LogP contribution in [-0.4, -0.2) is 43.3 Å². The van der Waals surface area contributed by atoms with Gasteiger partial charge in [0.05, 0.1) is 12.1 Å². The second-order valence-electron chi connectivity index (χ2n) is 4.79. The summed E-state index contributed by atoms with van der Waals surface area (Å²) in [7, 11) is 1.65. The number of methoxy groups -OCH3 is 1. The van der Waals surface area contributed by atoms with Crippen LogP contribution in [0.15, 0.2) is 0 Å². The van der Waals surface area contributed by atoms with Gasteiger partial charge >= 0.3 is 6.03 Å². The Labute approximate surface area is 92.0 Å². The first-order chi connectivity index (χ1) is 7.05. The van der Waals surface area contributed by atoms with E-state index in [1.165, 1.54) is 6.42 Å². The zero-order chi connectivity index (χ0) is 11.3. The Morgan fingerprint density at radius 1 is 1.33 bits per heavy atom. The van der Waals surface area contributed by atoms with Crippen LogP contribution < -0.4 is 5.32 Å². The van der Waals surface area contributed by atoms with Crippen molar-refractivity contribution in [2.24, 2.45) is 0 Å². The molecular formula is C11H22N2O2. The fraction of sp³-hybridized carbons (Fsp3) is 0.909. The van der Waals surface area contributed by atoms with E-state index in [1.54, 1.807) is 7.11 Å². The largest absolute Gasteiger partial charge is 0.382 e. The number of hydrogen-bond donors (Lipinski definition) is 1. The first kappa shape index (κ1) is 12.3. The van der Waals surface area contributed by atoms with E-state index in [1.807, 2.05) is 18.7 Å². The lowest BCUT2D eigenvalue weighted by Crippen LogP contribution is -2.53. The van der Waals surface area contributed by atoms with Gasteiger partial charge in [0.25, 0.3) is 0 Å². The molecule has 0 aromatic heterocycles. The fourth-order valence-corrected chi connectivity index (χ4v) is 1.86. The highest BCUT2D eigenvalue weighted by atomic mass is 16.5. The lowest BCUT2D eigenvalue weighted by molar-refractivity contribution is 0.120. The van der Waals surface area contributed by atoms with Crippen molar-refractivity contribution < 1.29 is 9.53 Å². The molecule has 1 fully saturated rings. The molecule has 0 atom stereocenters. The SMILES string of the molecule is COCC(C)(C)NC(=O)N1CCCCC1. The van der Waals surface area contributed by atoms with Crippen LogP contribution in [-0.2, 0) is 4.74 Å². The third-order valence-electron chi connectivity index (χ3n) is 2.59. The molecule has 0 radical (unpaired) electrons. The summed E-state index contributed by atoms with van der Waals surface area (Å²) in [5.41, 5.74) is -0.288. The quantitative estimate of drug-likeness (QED) is 0.775. The first-order valence-electron chi connectivity index (χ1n) is 5.61. The average Bonchev–Trinajstić information content (AvgIpc) is 2.18. The maximum atomic E-state index is 11.8. The summed E-state index contributed by atoms with van der Waals surface area (Å²) in [6, 6.07) is 0.0387. The summed E-state index contributed by atoms with van der Waals surface area (Å²) in [4.78, 5) is 13.7. The zero-order valence-electron chi connectivity index (χ0n) is 10.0. The minimum atomic E-state index is -0.288. The first-order valence-corrected chi connectivity index (χ1v) is 5.61. The molecule has 1 aliphatic rings. The number of piperidine rings is 1. The molecule has 4 heteroatoms. The third kappa shape index (κ3) is 4.08. The summed E-state index contributed by atoms with van der Waals surface area (Å²) in [6.45, 7) is 6.24. The van der Waals surface area contributed by atoms with Gasteiger partial charge < -0.3 is 15.0 Å². The summed E-state index contributed by atoms with van der Waals surface area (Å²) in [6.07, 6.45) is 3.49. The van der Waals surface area contributed by atoms with Gasteiger partial charge in [-0.05, 0) is 33.1 Å². The molecule has 0 aromatic rings. The number of carbonyl (C=O) groups excluding carboxylic acids is 1. The minimum absolute atomic E-state index is 0.0387. The monoisotopic (exact) mass is 214 g/mol. The predicted molar refractivity (Wildman–Crippen MR) is 59.9 cm³/mol. The van der Waals surface area contributed by atoms with E-state index in [2.05, 4.69) is 5.32 Å². The zero-order valence-corrected chi connectivity index (χ0v) is 10.0. The van der Waals surface area contributed by atoms with Gasteiger partial charge in [0.15, 0.2) is 0 Å². The smallest absolute Gasteiger partial charge is 0.317 e. The summed E-state index contributed by atoms with van der Waals surface area (Å²) in [5, 5.41) is 2.99. The molecule has 0 spiro atoms. The maximum absolute atomic E-state index is 11.8. The number of rotatable bonds is 3. The molecule has 0 unspecified atom stereocenters. The number of carbonyl (C=O) groups is 1. The summed E-state index contributed by atoms with van der Waals surface area (Å²) < 4.78 is 5.06. The van der Waals surface area contributed by atoms with Crippen LogP contribution in [0.5, 0.6) is 0 Å². The number of ether oxygens (including phenoxy) is 1. The molecule has 0 saturated carbocycles. The van der Waals surface area contributed by atoms with E-state index >= 15 is 0 Å². The maximum Gasteiger partial charge on any atom is 0.317 e. The summed E-state index contributed by atoms with van der Waals surface area (Å²) >= 11 is 0. The van der Waals surface area contributed by atoms with E-state index in [4.69, 9.17) is 4.74 Å². The Morgan fingerprint density at radius 3 is 2.47 bits per heavy atom. The molecule has 0 bridgehead atoms. The molecular weight excluding hydrogens is 192 g/mol. The standard InChI is InChI=1S/C11H22N2O2/c1-11(2,9-15-3)12-10(14)13-7-5-4-6-8-13/h4-9H2,1-3H3,(H,12,14). The molecule has 1 saturated heterocycles. The molecule has 1 aliphatic heterocycles. The van der Waals surface area contributed by atoms with Crippen LogP contribution in [0.4, 0.5) is 4.79 Å². The Kier molecular flexibility index (Phi) is 4.39. The van der Waals surface area contributed by atoms with Gasteiger partial charge in [-0.2, -0.15) is 0 Å². The van der Waals surface area contributed by atoms with Crippen molar-refractivity contribution in [2.75, 3.05) is 26.8 Å². The van der Waals surface area contributed by atoms with Crippen LogP contribution in [0.2, 0.25) is 0 Å². The van der Waals surface area contributed by atoms with E-state index < -0.39 is 0 Å². The number of urea groups is 1. The predicted octanol–water partition coefficient (Wildman–Crippen LogP) is 1.61. The van der Waals surface area contributed by atoms with Crippen molar-refractivity contribution in [1.29, 1.82) is 0 Å². The molecule has 0 aromatic carbocycles.